The lowest BCUT2D eigenvalue weighted by molar-refractivity contribution is 0.0938. The summed E-state index contributed by atoms with van der Waals surface area (Å²) in [5.74, 6) is -0.0512. The SMILES string of the molecule is O=C(NC1CCCC1)c1ccc(CS(=O)(=O)N2CCCCC2)cc1. The minimum Gasteiger partial charge on any atom is -0.349 e. The molecule has 0 atom stereocenters. The van der Waals surface area contributed by atoms with Crippen molar-refractivity contribution in [2.24, 2.45) is 0 Å². The maximum atomic E-state index is 12.5. The van der Waals surface area contributed by atoms with E-state index in [0.717, 1.165) is 37.7 Å². The first-order valence-electron chi connectivity index (χ1n) is 8.92. The van der Waals surface area contributed by atoms with Crippen LogP contribution in [0.25, 0.3) is 0 Å². The van der Waals surface area contributed by atoms with E-state index in [1.165, 1.54) is 12.8 Å². The molecule has 0 aromatic heterocycles. The van der Waals surface area contributed by atoms with Gasteiger partial charge in [0.15, 0.2) is 0 Å². The molecule has 1 aromatic rings. The number of hydrogen-bond donors (Lipinski definition) is 1. The van der Waals surface area contributed by atoms with Crippen LogP contribution in [-0.4, -0.2) is 37.8 Å². The van der Waals surface area contributed by atoms with Crippen LogP contribution in [-0.2, 0) is 15.8 Å². The van der Waals surface area contributed by atoms with Gasteiger partial charge in [-0.3, -0.25) is 4.79 Å². The second-order valence-corrected chi connectivity index (χ2v) is 8.84. The zero-order chi connectivity index (χ0) is 17.0. The topological polar surface area (TPSA) is 66.5 Å². The van der Waals surface area contributed by atoms with Crippen molar-refractivity contribution in [2.45, 2.75) is 56.7 Å². The van der Waals surface area contributed by atoms with Crippen molar-refractivity contribution in [3.8, 4) is 0 Å². The third-order valence-electron chi connectivity index (χ3n) is 4.96. The maximum absolute atomic E-state index is 12.5. The Labute approximate surface area is 144 Å². The third-order valence-corrected chi connectivity index (χ3v) is 6.81. The Morgan fingerprint density at radius 1 is 1.00 bits per heavy atom. The van der Waals surface area contributed by atoms with E-state index in [0.29, 0.717) is 18.7 Å². The number of hydrogen-bond acceptors (Lipinski definition) is 3. The number of carbonyl (C=O) groups excluding carboxylic acids is 1. The molecule has 1 aromatic carbocycles. The second-order valence-electron chi connectivity index (χ2n) is 6.87. The summed E-state index contributed by atoms with van der Waals surface area (Å²) < 4.78 is 26.5. The predicted octanol–water partition coefficient (Wildman–Crippen LogP) is 2.67. The van der Waals surface area contributed by atoms with Gasteiger partial charge in [0.05, 0.1) is 5.75 Å². The molecule has 2 fully saturated rings. The highest BCUT2D eigenvalue weighted by atomic mass is 32.2. The van der Waals surface area contributed by atoms with Gasteiger partial charge in [-0.2, -0.15) is 0 Å². The lowest BCUT2D eigenvalue weighted by atomic mass is 10.1. The number of rotatable bonds is 5. The van der Waals surface area contributed by atoms with Crippen LogP contribution >= 0.6 is 0 Å². The number of carbonyl (C=O) groups is 1. The average molecular weight is 350 g/mol. The van der Waals surface area contributed by atoms with Gasteiger partial charge in [0.2, 0.25) is 10.0 Å². The molecule has 5 nitrogen and oxygen atoms in total. The molecule has 0 unspecified atom stereocenters. The summed E-state index contributed by atoms with van der Waals surface area (Å²) in [6.45, 7) is 1.26. The minimum atomic E-state index is -3.26. The van der Waals surface area contributed by atoms with Gasteiger partial charge in [0.25, 0.3) is 5.91 Å². The first-order valence-corrected chi connectivity index (χ1v) is 10.5. The molecule has 0 spiro atoms. The molecular weight excluding hydrogens is 324 g/mol. The summed E-state index contributed by atoms with van der Waals surface area (Å²) in [5, 5.41) is 3.05. The second kappa shape index (κ2) is 7.66. The number of amides is 1. The van der Waals surface area contributed by atoms with Crippen molar-refractivity contribution in [1.29, 1.82) is 0 Å². The van der Waals surface area contributed by atoms with Crippen molar-refractivity contribution in [3.63, 3.8) is 0 Å². The molecule has 0 radical (unpaired) electrons. The Bertz CT molecular complexity index is 658. The van der Waals surface area contributed by atoms with Crippen molar-refractivity contribution in [2.75, 3.05) is 13.1 Å². The van der Waals surface area contributed by atoms with Crippen LogP contribution in [0.3, 0.4) is 0 Å². The third kappa shape index (κ3) is 4.36. The molecule has 1 N–H and O–H groups in total. The maximum Gasteiger partial charge on any atom is 0.251 e. The average Bonchev–Trinajstić information content (AvgIpc) is 3.09. The van der Waals surface area contributed by atoms with Gasteiger partial charge in [-0.25, -0.2) is 12.7 Å². The van der Waals surface area contributed by atoms with Crippen molar-refractivity contribution in [3.05, 3.63) is 35.4 Å². The fourth-order valence-corrected chi connectivity index (χ4v) is 5.15. The molecule has 1 aliphatic carbocycles. The summed E-state index contributed by atoms with van der Waals surface area (Å²) in [6.07, 6.45) is 7.46. The van der Waals surface area contributed by atoms with E-state index in [2.05, 4.69) is 5.32 Å². The molecule has 0 bridgehead atoms. The quantitative estimate of drug-likeness (QED) is 0.888. The van der Waals surface area contributed by atoms with Gasteiger partial charge in [-0.1, -0.05) is 31.4 Å². The minimum absolute atomic E-state index is 0.0114. The van der Waals surface area contributed by atoms with E-state index in [-0.39, 0.29) is 17.7 Å². The molecule has 3 rings (SSSR count). The fraction of sp³-hybridized carbons (Fsp3) is 0.611. The predicted molar refractivity (Wildman–Crippen MR) is 94.2 cm³/mol. The van der Waals surface area contributed by atoms with E-state index in [1.807, 2.05) is 0 Å². The molecule has 24 heavy (non-hydrogen) atoms. The van der Waals surface area contributed by atoms with Crippen molar-refractivity contribution in [1.82, 2.24) is 9.62 Å². The van der Waals surface area contributed by atoms with Crippen LogP contribution in [0.4, 0.5) is 0 Å². The Kier molecular flexibility index (Phi) is 5.56. The molecule has 1 amide bonds. The Morgan fingerprint density at radius 2 is 1.62 bits per heavy atom. The first kappa shape index (κ1) is 17.4. The molecule has 2 aliphatic rings. The van der Waals surface area contributed by atoms with Crippen LogP contribution in [0.15, 0.2) is 24.3 Å². The van der Waals surface area contributed by atoms with Gasteiger partial charge in [0.1, 0.15) is 0 Å². The highest BCUT2D eigenvalue weighted by Crippen LogP contribution is 2.19. The standard InChI is InChI=1S/C18H26N2O3S/c21-18(19-17-6-2-3-7-17)16-10-8-15(9-11-16)14-24(22,23)20-12-4-1-5-13-20/h8-11,17H,1-7,12-14H2,(H,19,21). The normalized spacial score (nSPS) is 20.2. The van der Waals surface area contributed by atoms with Crippen LogP contribution in [0.2, 0.25) is 0 Å². The highest BCUT2D eigenvalue weighted by molar-refractivity contribution is 7.88. The summed E-state index contributed by atoms with van der Waals surface area (Å²) in [4.78, 5) is 12.2. The first-order chi connectivity index (χ1) is 11.5. The molecule has 1 saturated heterocycles. The molecule has 1 aliphatic heterocycles. The molecule has 132 valence electrons. The van der Waals surface area contributed by atoms with E-state index in [9.17, 15) is 13.2 Å². The lowest BCUT2D eigenvalue weighted by Gasteiger charge is -2.25. The molecular formula is C18H26N2O3S. The van der Waals surface area contributed by atoms with E-state index in [4.69, 9.17) is 0 Å². The fourth-order valence-electron chi connectivity index (χ4n) is 3.54. The van der Waals surface area contributed by atoms with Gasteiger partial charge >= 0.3 is 0 Å². The van der Waals surface area contributed by atoms with Gasteiger partial charge in [-0.15, -0.1) is 0 Å². The number of benzene rings is 1. The van der Waals surface area contributed by atoms with E-state index in [1.54, 1.807) is 28.6 Å². The van der Waals surface area contributed by atoms with Crippen molar-refractivity contribution < 1.29 is 13.2 Å². The zero-order valence-electron chi connectivity index (χ0n) is 14.0. The van der Waals surface area contributed by atoms with Gasteiger partial charge < -0.3 is 5.32 Å². The van der Waals surface area contributed by atoms with Crippen LogP contribution in [0.1, 0.15) is 60.9 Å². The highest BCUT2D eigenvalue weighted by Gasteiger charge is 2.24. The molecule has 1 saturated carbocycles. The molecule has 1 heterocycles. The van der Waals surface area contributed by atoms with Gasteiger partial charge in [-0.05, 0) is 43.4 Å². The van der Waals surface area contributed by atoms with E-state index < -0.39 is 10.0 Å². The Hall–Kier alpha value is -1.40. The van der Waals surface area contributed by atoms with Crippen LogP contribution in [0.5, 0.6) is 0 Å². The monoisotopic (exact) mass is 350 g/mol. The Balaban J connectivity index is 1.60. The number of piperidine rings is 1. The van der Waals surface area contributed by atoms with Crippen LogP contribution < -0.4 is 5.32 Å². The molecule has 6 heteroatoms. The van der Waals surface area contributed by atoms with Crippen LogP contribution in [0, 0.1) is 0 Å². The summed E-state index contributed by atoms with van der Waals surface area (Å²) in [7, 11) is -3.26. The Morgan fingerprint density at radius 3 is 2.25 bits per heavy atom. The van der Waals surface area contributed by atoms with Crippen molar-refractivity contribution >= 4 is 15.9 Å². The lowest BCUT2D eigenvalue weighted by Crippen LogP contribution is -2.36. The number of nitrogens with zero attached hydrogens (tertiary/aromatic N) is 1. The summed E-state index contributed by atoms with van der Waals surface area (Å²) in [5.41, 5.74) is 1.33. The number of sulfonamides is 1. The van der Waals surface area contributed by atoms with Gasteiger partial charge in [0, 0.05) is 24.7 Å². The summed E-state index contributed by atoms with van der Waals surface area (Å²) >= 11 is 0. The zero-order valence-corrected chi connectivity index (χ0v) is 14.9. The summed E-state index contributed by atoms with van der Waals surface area (Å²) in [6, 6.07) is 7.25. The number of nitrogens with one attached hydrogen (secondary N) is 1. The van der Waals surface area contributed by atoms with E-state index >= 15 is 0 Å². The largest absolute Gasteiger partial charge is 0.349 e. The smallest absolute Gasteiger partial charge is 0.251 e.